The largest absolute Gasteiger partial charge is 0.310 e. The van der Waals surface area contributed by atoms with Gasteiger partial charge in [-0.3, -0.25) is 0 Å². The zero-order valence-corrected chi connectivity index (χ0v) is 38.6. The summed E-state index contributed by atoms with van der Waals surface area (Å²) in [5.41, 5.74) is 24.8. The molecule has 0 atom stereocenters. The van der Waals surface area contributed by atoms with E-state index in [2.05, 4.69) is 170 Å². The second-order valence-electron chi connectivity index (χ2n) is 23.7. The van der Waals surface area contributed by atoms with Gasteiger partial charge in [0.1, 0.15) is 0 Å². The van der Waals surface area contributed by atoms with E-state index in [9.17, 15) is 0 Å². The SMILES string of the molecule is CC1(C)c2ccccc2-c2c(-c3ccc(N(c4ccc5c(c4)-c4ccccc4C54C5CC6CC(C5)CC4C6)c4ccc5c(c4)C4(c6ccccc6-5)C5CC6CC(C5)CC4C6)cc3)cccc21. The van der Waals surface area contributed by atoms with Gasteiger partial charge in [0.05, 0.1) is 0 Å². The highest BCUT2D eigenvalue weighted by molar-refractivity contribution is 5.94. The summed E-state index contributed by atoms with van der Waals surface area (Å²) in [6.07, 6.45) is 14.2. The van der Waals surface area contributed by atoms with Crippen LogP contribution in [-0.2, 0) is 16.2 Å². The van der Waals surface area contributed by atoms with Crippen molar-refractivity contribution >= 4 is 17.1 Å². The van der Waals surface area contributed by atoms with Crippen LogP contribution in [0.1, 0.15) is 111 Å². The molecule has 0 saturated heterocycles. The average Bonchev–Trinajstić information content (AvgIpc) is 3.89. The zero-order valence-electron chi connectivity index (χ0n) is 38.6. The first-order valence-electron chi connectivity index (χ1n) is 26.0. The van der Waals surface area contributed by atoms with Crippen molar-refractivity contribution in [2.75, 3.05) is 4.90 Å². The van der Waals surface area contributed by atoms with Crippen molar-refractivity contribution in [1.29, 1.82) is 0 Å². The maximum Gasteiger partial charge on any atom is 0.0468 e. The van der Waals surface area contributed by atoms with Gasteiger partial charge in [0, 0.05) is 33.3 Å². The molecule has 66 heavy (non-hydrogen) atoms. The standard InChI is InChI=1S/C65H59N/c1-63(2)56-14-6-5-12-54(56)62-50(13-9-17-60(62)63)42-18-20-47(21-19-42)66(48-23-25-59-55(36-48)52-11-4-8-16-58(52)64(59)43-28-38-26-39(30-43)31-44(64)29-38)49-22-24-53-51-10-3-7-15-57(51)65(61(53)37-49)45-32-40-27-41(34-45)35-46(65)33-40/h3-25,36-41,43-46H,26-35H2,1-2H3. The Morgan fingerprint density at radius 3 is 1.39 bits per heavy atom. The number of rotatable bonds is 4. The molecule has 1 nitrogen and oxygen atoms in total. The first-order chi connectivity index (χ1) is 32.4. The highest BCUT2D eigenvalue weighted by atomic mass is 15.1. The molecule has 7 aromatic carbocycles. The van der Waals surface area contributed by atoms with Crippen molar-refractivity contribution in [3.8, 4) is 44.5 Å². The van der Waals surface area contributed by atoms with Gasteiger partial charge >= 0.3 is 0 Å². The Labute approximate surface area is 391 Å². The van der Waals surface area contributed by atoms with Crippen LogP contribution in [0.5, 0.6) is 0 Å². The van der Waals surface area contributed by atoms with E-state index in [4.69, 9.17) is 0 Å². The van der Waals surface area contributed by atoms with Crippen LogP contribution in [-0.4, -0.2) is 0 Å². The zero-order chi connectivity index (χ0) is 43.3. The maximum absolute atomic E-state index is 2.70. The first kappa shape index (κ1) is 37.4. The summed E-state index contributed by atoms with van der Waals surface area (Å²) in [5.74, 6) is 6.71. The van der Waals surface area contributed by atoms with Gasteiger partial charge in [-0.15, -0.1) is 0 Å². The van der Waals surface area contributed by atoms with Crippen LogP contribution in [0, 0.1) is 47.3 Å². The van der Waals surface area contributed by atoms with Gasteiger partial charge in [0.25, 0.3) is 0 Å². The van der Waals surface area contributed by atoms with Crippen LogP contribution in [0.3, 0.4) is 0 Å². The molecule has 8 saturated carbocycles. The van der Waals surface area contributed by atoms with Crippen LogP contribution < -0.4 is 4.90 Å². The third-order valence-corrected chi connectivity index (χ3v) is 20.6. The monoisotopic (exact) mass is 853 g/mol. The van der Waals surface area contributed by atoms with Gasteiger partial charge in [-0.1, -0.05) is 129 Å². The van der Waals surface area contributed by atoms with Crippen molar-refractivity contribution < 1.29 is 0 Å². The normalized spacial score (nSPS) is 32.0. The minimum absolute atomic E-state index is 0.0258. The summed E-state index contributed by atoms with van der Waals surface area (Å²) in [7, 11) is 0. The minimum Gasteiger partial charge on any atom is -0.310 e. The molecule has 0 heterocycles. The van der Waals surface area contributed by atoms with Crippen LogP contribution >= 0.6 is 0 Å². The van der Waals surface area contributed by atoms with Crippen molar-refractivity contribution in [3.05, 3.63) is 185 Å². The average molecular weight is 854 g/mol. The summed E-state index contributed by atoms with van der Waals surface area (Å²) in [4.78, 5) is 2.65. The fraction of sp³-hybridized carbons (Fsp3) is 0.354. The van der Waals surface area contributed by atoms with Crippen LogP contribution in [0.15, 0.2) is 152 Å². The highest BCUT2D eigenvalue weighted by Crippen LogP contribution is 2.71. The fourth-order valence-electron chi connectivity index (χ4n) is 18.8. The number of benzene rings is 7. The molecular formula is C65H59N. The molecular weight excluding hydrogens is 795 g/mol. The summed E-state index contributed by atoms with van der Waals surface area (Å²) >= 11 is 0. The lowest BCUT2D eigenvalue weighted by molar-refractivity contribution is -0.0399. The molecule has 11 aliphatic rings. The molecule has 1 heteroatoms. The number of fused-ring (bicyclic) bond motifs is 9. The minimum atomic E-state index is -0.0258. The van der Waals surface area contributed by atoms with Gasteiger partial charge in [0.15, 0.2) is 0 Å². The van der Waals surface area contributed by atoms with Crippen molar-refractivity contribution in [2.45, 2.75) is 94.3 Å². The Morgan fingerprint density at radius 2 is 0.773 bits per heavy atom. The van der Waals surface area contributed by atoms with E-state index < -0.39 is 0 Å². The Bertz CT molecular complexity index is 3160. The Hall–Kier alpha value is -5.66. The van der Waals surface area contributed by atoms with Crippen LogP contribution in [0.2, 0.25) is 0 Å². The second-order valence-corrected chi connectivity index (χ2v) is 23.7. The van der Waals surface area contributed by atoms with Crippen LogP contribution in [0.4, 0.5) is 17.1 Å². The Morgan fingerprint density at radius 1 is 0.333 bits per heavy atom. The molecule has 8 fully saturated rings. The Balaban J connectivity index is 0.884. The highest BCUT2D eigenvalue weighted by Gasteiger charge is 2.63. The summed E-state index contributed by atoms with van der Waals surface area (Å²) in [6.45, 7) is 4.79. The van der Waals surface area contributed by atoms with Crippen molar-refractivity contribution in [3.63, 3.8) is 0 Å². The number of anilines is 3. The molecule has 0 unspecified atom stereocenters. The lowest BCUT2D eigenvalue weighted by atomic mass is 9.43. The van der Waals surface area contributed by atoms with E-state index in [1.54, 1.807) is 22.3 Å². The van der Waals surface area contributed by atoms with Gasteiger partial charge in [-0.25, -0.2) is 0 Å². The molecule has 0 N–H and O–H groups in total. The first-order valence-corrected chi connectivity index (χ1v) is 26.0. The maximum atomic E-state index is 2.70. The number of hydrogen-bond acceptors (Lipinski definition) is 1. The van der Waals surface area contributed by atoms with E-state index >= 15 is 0 Å². The second kappa shape index (κ2) is 12.9. The predicted octanol–water partition coefficient (Wildman–Crippen LogP) is 16.6. The molecule has 0 aromatic heterocycles. The summed E-state index contributed by atoms with van der Waals surface area (Å²) in [5, 5.41) is 0. The molecule has 2 spiro atoms. The number of nitrogens with zero attached hydrogens (tertiary/aromatic N) is 1. The lowest BCUT2D eigenvalue weighted by Gasteiger charge is -2.61. The summed E-state index contributed by atoms with van der Waals surface area (Å²) in [6, 6.07) is 60.6. The molecule has 0 amide bonds. The number of hydrogen-bond donors (Lipinski definition) is 0. The smallest absolute Gasteiger partial charge is 0.0468 e. The van der Waals surface area contributed by atoms with E-state index in [0.717, 1.165) is 47.3 Å². The van der Waals surface area contributed by atoms with E-state index in [1.165, 1.54) is 137 Å². The van der Waals surface area contributed by atoms with Gasteiger partial charge in [-0.2, -0.15) is 0 Å². The fourth-order valence-corrected chi connectivity index (χ4v) is 18.8. The van der Waals surface area contributed by atoms with Gasteiger partial charge < -0.3 is 4.90 Å². The summed E-state index contributed by atoms with van der Waals surface area (Å²) < 4.78 is 0. The molecule has 324 valence electrons. The quantitative estimate of drug-likeness (QED) is 0.170. The van der Waals surface area contributed by atoms with Crippen LogP contribution in [0.25, 0.3) is 44.5 Å². The Kier molecular flexibility index (Phi) is 7.29. The molecule has 11 aliphatic carbocycles. The van der Waals surface area contributed by atoms with Gasteiger partial charge in [0.2, 0.25) is 0 Å². The van der Waals surface area contributed by atoms with Crippen molar-refractivity contribution in [1.82, 2.24) is 0 Å². The topological polar surface area (TPSA) is 3.24 Å². The van der Waals surface area contributed by atoms with Crippen molar-refractivity contribution in [2.24, 2.45) is 47.3 Å². The predicted molar refractivity (Wildman–Crippen MR) is 271 cm³/mol. The van der Waals surface area contributed by atoms with E-state index in [-0.39, 0.29) is 16.2 Å². The molecule has 18 rings (SSSR count). The lowest BCUT2D eigenvalue weighted by Crippen LogP contribution is -2.55. The molecule has 0 aliphatic heterocycles. The van der Waals surface area contributed by atoms with E-state index in [1.807, 2.05) is 0 Å². The molecule has 0 radical (unpaired) electrons. The third kappa shape index (κ3) is 4.55. The molecule has 7 aromatic rings. The third-order valence-electron chi connectivity index (χ3n) is 20.6. The van der Waals surface area contributed by atoms with E-state index in [0.29, 0.717) is 0 Å². The molecule has 8 bridgehead atoms. The van der Waals surface area contributed by atoms with Gasteiger partial charge in [-0.05, 0) is 226 Å².